The summed E-state index contributed by atoms with van der Waals surface area (Å²) in [5.41, 5.74) is 1.10. The van der Waals surface area contributed by atoms with Gasteiger partial charge in [-0.3, -0.25) is 14.5 Å². The zero-order valence-electron chi connectivity index (χ0n) is 16.5. The molecule has 154 valence electrons. The summed E-state index contributed by atoms with van der Waals surface area (Å²) in [6.07, 6.45) is 8.45. The van der Waals surface area contributed by atoms with Crippen molar-refractivity contribution in [3.05, 3.63) is 18.0 Å². The zero-order valence-corrected chi connectivity index (χ0v) is 18.8. The Balaban J connectivity index is 0.00000364. The fourth-order valence-electron chi connectivity index (χ4n) is 3.03. The van der Waals surface area contributed by atoms with Gasteiger partial charge in [0.05, 0.1) is 26.5 Å². The standard InChI is InChI=1S/C18H31N5O3.HI/c1-19-18(20-9-7-5-4-6-8-17(24)25-3)23-10-11-26-16(14-23)15-12-21-22(2)13-15;/h12-13,16H,4-11,14H2,1-3H3,(H,19,20);1H. The molecule has 1 aliphatic heterocycles. The van der Waals surface area contributed by atoms with E-state index in [1.807, 2.05) is 26.5 Å². The molecule has 1 aliphatic rings. The number of carbonyl (C=O) groups is 1. The lowest BCUT2D eigenvalue weighted by molar-refractivity contribution is -0.140. The highest BCUT2D eigenvalue weighted by molar-refractivity contribution is 14.0. The van der Waals surface area contributed by atoms with Gasteiger partial charge < -0.3 is 19.7 Å². The Bertz CT molecular complexity index is 593. The number of aromatic nitrogens is 2. The molecular formula is C18H32IN5O3. The highest BCUT2D eigenvalue weighted by atomic mass is 127. The number of ether oxygens (including phenoxy) is 2. The van der Waals surface area contributed by atoms with Crippen LogP contribution in [0.4, 0.5) is 0 Å². The van der Waals surface area contributed by atoms with Gasteiger partial charge in [-0.2, -0.15) is 5.10 Å². The number of aliphatic imine (C=N–C) groups is 1. The van der Waals surface area contributed by atoms with Gasteiger partial charge in [0, 0.05) is 45.4 Å². The molecule has 2 rings (SSSR count). The number of nitrogens with zero attached hydrogens (tertiary/aromatic N) is 4. The monoisotopic (exact) mass is 493 g/mol. The van der Waals surface area contributed by atoms with Crippen LogP contribution in [0.1, 0.15) is 43.8 Å². The second kappa shape index (κ2) is 12.9. The van der Waals surface area contributed by atoms with E-state index in [4.69, 9.17) is 4.74 Å². The fourth-order valence-corrected chi connectivity index (χ4v) is 3.03. The summed E-state index contributed by atoms with van der Waals surface area (Å²) in [6, 6.07) is 0. The van der Waals surface area contributed by atoms with E-state index in [-0.39, 0.29) is 36.0 Å². The maximum Gasteiger partial charge on any atom is 0.305 e. The number of nitrogens with one attached hydrogen (secondary N) is 1. The summed E-state index contributed by atoms with van der Waals surface area (Å²) in [5, 5.41) is 7.66. The summed E-state index contributed by atoms with van der Waals surface area (Å²) in [7, 11) is 5.16. The van der Waals surface area contributed by atoms with Crippen molar-refractivity contribution in [2.75, 3.05) is 40.4 Å². The van der Waals surface area contributed by atoms with Gasteiger partial charge in [0.1, 0.15) is 6.10 Å². The van der Waals surface area contributed by atoms with E-state index in [0.717, 1.165) is 56.8 Å². The van der Waals surface area contributed by atoms with Gasteiger partial charge in [0.25, 0.3) is 0 Å². The van der Waals surface area contributed by atoms with Crippen molar-refractivity contribution in [3.8, 4) is 0 Å². The van der Waals surface area contributed by atoms with Crippen LogP contribution in [0.15, 0.2) is 17.4 Å². The van der Waals surface area contributed by atoms with Crippen LogP contribution in [0.2, 0.25) is 0 Å². The predicted molar refractivity (Wildman–Crippen MR) is 115 cm³/mol. The Labute approximate surface area is 178 Å². The molecule has 0 saturated carbocycles. The molecule has 0 aliphatic carbocycles. The van der Waals surface area contributed by atoms with Gasteiger partial charge in [-0.05, 0) is 12.8 Å². The van der Waals surface area contributed by atoms with E-state index in [1.165, 1.54) is 7.11 Å². The minimum Gasteiger partial charge on any atom is -0.469 e. The predicted octanol–water partition coefficient (Wildman–Crippen LogP) is 2.11. The number of hydrogen-bond acceptors (Lipinski definition) is 5. The van der Waals surface area contributed by atoms with Crippen LogP contribution in [0, 0.1) is 0 Å². The molecule has 1 aromatic heterocycles. The molecule has 1 aromatic rings. The molecule has 0 radical (unpaired) electrons. The van der Waals surface area contributed by atoms with Crippen LogP contribution in [-0.4, -0.2) is 67.0 Å². The van der Waals surface area contributed by atoms with Gasteiger partial charge in [0.15, 0.2) is 5.96 Å². The molecule has 0 bridgehead atoms. The quantitative estimate of drug-likeness (QED) is 0.197. The minimum absolute atomic E-state index is 0. The first-order chi connectivity index (χ1) is 12.6. The second-order valence-electron chi connectivity index (χ2n) is 6.47. The number of carbonyl (C=O) groups excluding carboxylic acids is 1. The molecule has 0 amide bonds. The van der Waals surface area contributed by atoms with Crippen LogP contribution >= 0.6 is 24.0 Å². The summed E-state index contributed by atoms with van der Waals surface area (Å²) < 4.78 is 12.3. The Morgan fingerprint density at radius 1 is 1.41 bits per heavy atom. The summed E-state index contributed by atoms with van der Waals surface area (Å²) in [5.74, 6) is 0.788. The van der Waals surface area contributed by atoms with Crippen molar-refractivity contribution in [3.63, 3.8) is 0 Å². The third kappa shape index (κ3) is 8.04. The lowest BCUT2D eigenvalue weighted by atomic mass is 10.1. The number of esters is 1. The Morgan fingerprint density at radius 2 is 2.19 bits per heavy atom. The summed E-state index contributed by atoms with van der Waals surface area (Å²) >= 11 is 0. The second-order valence-corrected chi connectivity index (χ2v) is 6.47. The van der Waals surface area contributed by atoms with Crippen molar-refractivity contribution in [2.24, 2.45) is 12.0 Å². The molecule has 9 heteroatoms. The van der Waals surface area contributed by atoms with E-state index in [2.05, 4.69) is 25.0 Å². The lowest BCUT2D eigenvalue weighted by Gasteiger charge is -2.34. The SMILES string of the molecule is CN=C(NCCCCCCC(=O)OC)N1CCOC(c2cnn(C)c2)C1.I. The number of hydrogen-bond donors (Lipinski definition) is 1. The number of guanidine groups is 1. The molecule has 1 unspecified atom stereocenters. The molecule has 27 heavy (non-hydrogen) atoms. The van der Waals surface area contributed by atoms with Crippen molar-refractivity contribution in [1.82, 2.24) is 20.0 Å². The zero-order chi connectivity index (χ0) is 18.8. The maximum atomic E-state index is 11.1. The molecule has 0 spiro atoms. The van der Waals surface area contributed by atoms with Crippen LogP contribution in [0.3, 0.4) is 0 Å². The number of unbranched alkanes of at least 4 members (excludes halogenated alkanes) is 3. The molecule has 0 aromatic carbocycles. The highest BCUT2D eigenvalue weighted by Crippen LogP contribution is 2.21. The molecule has 8 nitrogen and oxygen atoms in total. The first kappa shape index (κ1) is 23.7. The average Bonchev–Trinajstić information content (AvgIpc) is 3.10. The third-order valence-corrected chi connectivity index (χ3v) is 4.49. The Kier molecular flexibility index (Phi) is 11.3. The molecule has 1 atom stereocenters. The van der Waals surface area contributed by atoms with Gasteiger partial charge in [-0.25, -0.2) is 0 Å². The summed E-state index contributed by atoms with van der Waals surface area (Å²) in [6.45, 7) is 3.15. The number of morpholine rings is 1. The third-order valence-electron chi connectivity index (χ3n) is 4.49. The summed E-state index contributed by atoms with van der Waals surface area (Å²) in [4.78, 5) is 17.7. The fraction of sp³-hybridized carbons (Fsp3) is 0.722. The average molecular weight is 493 g/mol. The number of methoxy groups -OCH3 is 1. The van der Waals surface area contributed by atoms with Gasteiger partial charge in [-0.15, -0.1) is 24.0 Å². The molecular weight excluding hydrogens is 461 g/mol. The largest absolute Gasteiger partial charge is 0.469 e. The normalized spacial score (nSPS) is 17.4. The minimum atomic E-state index is -0.126. The van der Waals surface area contributed by atoms with Crippen molar-refractivity contribution < 1.29 is 14.3 Å². The number of halogens is 1. The molecule has 1 fully saturated rings. The van der Waals surface area contributed by atoms with E-state index < -0.39 is 0 Å². The van der Waals surface area contributed by atoms with E-state index in [9.17, 15) is 4.79 Å². The topological polar surface area (TPSA) is 81.0 Å². The first-order valence-corrected chi connectivity index (χ1v) is 9.26. The van der Waals surface area contributed by atoms with Crippen molar-refractivity contribution in [2.45, 2.75) is 38.2 Å². The van der Waals surface area contributed by atoms with E-state index in [0.29, 0.717) is 13.0 Å². The van der Waals surface area contributed by atoms with Crippen LogP contribution in [0.25, 0.3) is 0 Å². The van der Waals surface area contributed by atoms with Crippen molar-refractivity contribution in [1.29, 1.82) is 0 Å². The first-order valence-electron chi connectivity index (χ1n) is 9.26. The molecule has 1 N–H and O–H groups in total. The van der Waals surface area contributed by atoms with Crippen molar-refractivity contribution >= 4 is 35.9 Å². The van der Waals surface area contributed by atoms with Crippen LogP contribution in [0.5, 0.6) is 0 Å². The molecule has 1 saturated heterocycles. The maximum absolute atomic E-state index is 11.1. The lowest BCUT2D eigenvalue weighted by Crippen LogP contribution is -2.48. The van der Waals surface area contributed by atoms with Gasteiger partial charge in [-0.1, -0.05) is 12.8 Å². The van der Waals surface area contributed by atoms with Crippen LogP contribution in [-0.2, 0) is 21.3 Å². The number of rotatable bonds is 8. The van der Waals surface area contributed by atoms with Crippen LogP contribution < -0.4 is 5.32 Å². The van der Waals surface area contributed by atoms with Gasteiger partial charge >= 0.3 is 5.97 Å². The van der Waals surface area contributed by atoms with E-state index in [1.54, 1.807) is 4.68 Å². The highest BCUT2D eigenvalue weighted by Gasteiger charge is 2.24. The number of aryl methyl sites for hydroxylation is 1. The van der Waals surface area contributed by atoms with Gasteiger partial charge in [0.2, 0.25) is 0 Å². The molecule has 2 heterocycles. The Hall–Kier alpha value is -1.36. The Morgan fingerprint density at radius 3 is 2.85 bits per heavy atom. The smallest absolute Gasteiger partial charge is 0.305 e. The van der Waals surface area contributed by atoms with E-state index >= 15 is 0 Å².